The van der Waals surface area contributed by atoms with Crippen molar-refractivity contribution in [2.45, 2.75) is 0 Å². The second-order valence-electron chi connectivity index (χ2n) is 7.10. The van der Waals surface area contributed by atoms with E-state index in [1.54, 1.807) is 24.3 Å². The van der Waals surface area contributed by atoms with E-state index in [0.717, 1.165) is 21.9 Å². The smallest absolute Gasteiger partial charge is 0.248 e. The first-order chi connectivity index (χ1) is 15.2. The third-order valence-electron chi connectivity index (χ3n) is 4.97. The Balaban J connectivity index is 1.39. The van der Waals surface area contributed by atoms with Crippen LogP contribution in [0.15, 0.2) is 95.4 Å². The summed E-state index contributed by atoms with van der Waals surface area (Å²) in [7, 11) is 0. The van der Waals surface area contributed by atoms with Gasteiger partial charge >= 0.3 is 0 Å². The second kappa shape index (κ2) is 8.09. The molecule has 0 saturated carbocycles. The predicted molar refractivity (Wildman–Crippen MR) is 126 cm³/mol. The third-order valence-corrected chi connectivity index (χ3v) is 5.22. The molecule has 0 aliphatic heterocycles. The molecule has 150 valence electrons. The van der Waals surface area contributed by atoms with Crippen molar-refractivity contribution in [3.63, 3.8) is 0 Å². The van der Waals surface area contributed by atoms with Gasteiger partial charge in [-0.3, -0.25) is 4.79 Å². The van der Waals surface area contributed by atoms with E-state index in [4.69, 9.17) is 16.0 Å². The summed E-state index contributed by atoms with van der Waals surface area (Å²) in [4.78, 5) is 16.9. The summed E-state index contributed by atoms with van der Waals surface area (Å²) >= 11 is 5.88. The minimum absolute atomic E-state index is 0.230. The molecule has 0 fully saturated rings. The Morgan fingerprint density at radius 3 is 2.61 bits per heavy atom. The average Bonchev–Trinajstić information content (AvgIpc) is 3.21. The number of amides is 1. The largest absolute Gasteiger partial charge is 0.436 e. The number of halogens is 1. The Hall–Kier alpha value is -3.89. The first-order valence-corrected chi connectivity index (χ1v) is 10.2. The van der Waals surface area contributed by atoms with Crippen molar-refractivity contribution < 1.29 is 9.21 Å². The number of carbonyl (C=O) groups excluding carboxylic acids is 1. The lowest BCUT2D eigenvalue weighted by atomic mass is 10.0. The highest BCUT2D eigenvalue weighted by Crippen LogP contribution is 2.31. The van der Waals surface area contributed by atoms with Crippen LogP contribution in [0.3, 0.4) is 0 Å². The van der Waals surface area contributed by atoms with Crippen LogP contribution in [0.2, 0.25) is 5.02 Å². The SMILES string of the molecule is O=C(/C=C/c1ccc(Cl)cc1)Nc1ccc2oc(-c3cccc4ccccc34)nc2c1. The number of hydrogen-bond acceptors (Lipinski definition) is 3. The maximum absolute atomic E-state index is 12.3. The number of nitrogens with one attached hydrogen (secondary N) is 1. The molecule has 4 nitrogen and oxygen atoms in total. The summed E-state index contributed by atoms with van der Waals surface area (Å²) in [6, 6.07) is 26.9. The molecule has 0 unspecified atom stereocenters. The molecule has 1 heterocycles. The highest BCUT2D eigenvalue weighted by Gasteiger charge is 2.12. The van der Waals surface area contributed by atoms with Gasteiger partial charge in [0.1, 0.15) is 5.52 Å². The van der Waals surface area contributed by atoms with Crippen molar-refractivity contribution in [2.24, 2.45) is 0 Å². The number of fused-ring (bicyclic) bond motifs is 2. The Morgan fingerprint density at radius 2 is 1.74 bits per heavy atom. The van der Waals surface area contributed by atoms with E-state index in [-0.39, 0.29) is 5.91 Å². The van der Waals surface area contributed by atoms with Crippen LogP contribution < -0.4 is 5.32 Å². The first-order valence-electron chi connectivity index (χ1n) is 9.79. The number of aromatic nitrogens is 1. The van der Waals surface area contributed by atoms with Gasteiger partial charge in [0.25, 0.3) is 0 Å². The molecule has 31 heavy (non-hydrogen) atoms. The minimum Gasteiger partial charge on any atom is -0.436 e. The zero-order valence-corrected chi connectivity index (χ0v) is 17.1. The summed E-state index contributed by atoms with van der Waals surface area (Å²) in [6.45, 7) is 0. The number of anilines is 1. The Kier molecular flexibility index (Phi) is 4.98. The average molecular weight is 425 g/mol. The molecular formula is C26H17ClN2O2. The molecule has 0 radical (unpaired) electrons. The molecule has 0 aliphatic rings. The second-order valence-corrected chi connectivity index (χ2v) is 7.54. The maximum atomic E-state index is 12.3. The van der Waals surface area contributed by atoms with Gasteiger partial charge in [-0.2, -0.15) is 0 Å². The Bertz CT molecular complexity index is 1430. The molecule has 5 heteroatoms. The van der Waals surface area contributed by atoms with E-state index < -0.39 is 0 Å². The van der Waals surface area contributed by atoms with Crippen molar-refractivity contribution >= 4 is 51.1 Å². The normalized spacial score (nSPS) is 11.4. The lowest BCUT2D eigenvalue weighted by molar-refractivity contribution is -0.111. The number of carbonyl (C=O) groups is 1. The van der Waals surface area contributed by atoms with E-state index in [1.165, 1.54) is 6.08 Å². The molecule has 0 aliphatic carbocycles. The Labute approximate surface area is 183 Å². The van der Waals surface area contributed by atoms with E-state index in [1.807, 2.05) is 48.5 Å². The van der Waals surface area contributed by atoms with Gasteiger partial charge in [0.2, 0.25) is 11.8 Å². The van der Waals surface area contributed by atoms with Crippen LogP contribution in [0.4, 0.5) is 5.69 Å². The van der Waals surface area contributed by atoms with Gasteiger partial charge in [0, 0.05) is 22.3 Å². The van der Waals surface area contributed by atoms with Gasteiger partial charge < -0.3 is 9.73 Å². The summed E-state index contributed by atoms with van der Waals surface area (Å²) < 4.78 is 5.99. The van der Waals surface area contributed by atoms with Crippen LogP contribution in [-0.2, 0) is 4.79 Å². The van der Waals surface area contributed by atoms with Crippen molar-refractivity contribution in [3.05, 3.63) is 102 Å². The number of rotatable bonds is 4. The molecular weight excluding hydrogens is 408 g/mol. The molecule has 0 saturated heterocycles. The summed E-state index contributed by atoms with van der Waals surface area (Å²) in [5, 5.41) is 5.73. The van der Waals surface area contributed by atoms with Gasteiger partial charge in [0.15, 0.2) is 5.58 Å². The molecule has 1 amide bonds. The molecule has 5 aromatic rings. The third kappa shape index (κ3) is 4.06. The minimum atomic E-state index is -0.230. The standard InChI is InChI=1S/C26H17ClN2O2/c27-19-11-8-17(9-12-19)10-15-25(30)28-20-13-14-24-23(16-20)29-26(31-24)22-7-3-5-18-4-1-2-6-21(18)22/h1-16H,(H,28,30)/b15-10+. The monoisotopic (exact) mass is 424 g/mol. The van der Waals surface area contributed by atoms with Crippen molar-refractivity contribution in [3.8, 4) is 11.5 Å². The van der Waals surface area contributed by atoms with Crippen LogP contribution in [0.1, 0.15) is 5.56 Å². The van der Waals surface area contributed by atoms with Crippen LogP contribution in [0.25, 0.3) is 39.4 Å². The van der Waals surface area contributed by atoms with E-state index in [9.17, 15) is 4.79 Å². The van der Waals surface area contributed by atoms with E-state index in [2.05, 4.69) is 28.5 Å². The quantitative estimate of drug-likeness (QED) is 0.317. The number of hydrogen-bond donors (Lipinski definition) is 1. The van der Waals surface area contributed by atoms with Crippen LogP contribution >= 0.6 is 11.6 Å². The maximum Gasteiger partial charge on any atom is 0.248 e. The van der Waals surface area contributed by atoms with Gasteiger partial charge in [-0.1, -0.05) is 60.1 Å². The lowest BCUT2D eigenvalue weighted by Gasteiger charge is -2.01. The number of benzene rings is 4. The molecule has 5 rings (SSSR count). The summed E-state index contributed by atoms with van der Waals surface area (Å²) in [5.74, 6) is 0.324. The van der Waals surface area contributed by atoms with Crippen molar-refractivity contribution in [1.82, 2.24) is 4.98 Å². The topological polar surface area (TPSA) is 55.1 Å². The van der Waals surface area contributed by atoms with Crippen LogP contribution in [-0.4, -0.2) is 10.9 Å². The molecule has 1 aromatic heterocycles. The molecule has 0 atom stereocenters. The predicted octanol–water partition coefficient (Wildman–Crippen LogP) is 6.95. The Morgan fingerprint density at radius 1 is 0.935 bits per heavy atom. The van der Waals surface area contributed by atoms with Crippen LogP contribution in [0, 0.1) is 0 Å². The number of nitrogens with zero attached hydrogens (tertiary/aromatic N) is 1. The fourth-order valence-electron chi connectivity index (χ4n) is 3.46. The molecule has 4 aromatic carbocycles. The van der Waals surface area contributed by atoms with Crippen molar-refractivity contribution in [2.75, 3.05) is 5.32 Å². The summed E-state index contributed by atoms with van der Waals surface area (Å²) in [6.07, 6.45) is 3.22. The fraction of sp³-hybridized carbons (Fsp3) is 0. The first kappa shape index (κ1) is 19.1. The number of oxazole rings is 1. The lowest BCUT2D eigenvalue weighted by Crippen LogP contribution is -2.07. The molecule has 0 bridgehead atoms. The zero-order valence-electron chi connectivity index (χ0n) is 16.4. The van der Waals surface area contributed by atoms with Crippen LogP contribution in [0.5, 0.6) is 0 Å². The van der Waals surface area contributed by atoms with Gasteiger partial charge in [-0.15, -0.1) is 0 Å². The summed E-state index contributed by atoms with van der Waals surface area (Å²) in [5.41, 5.74) is 3.83. The van der Waals surface area contributed by atoms with E-state index >= 15 is 0 Å². The molecule has 0 spiro atoms. The van der Waals surface area contributed by atoms with Gasteiger partial charge in [0.05, 0.1) is 0 Å². The van der Waals surface area contributed by atoms with Crippen molar-refractivity contribution in [1.29, 1.82) is 0 Å². The van der Waals surface area contributed by atoms with Gasteiger partial charge in [-0.05, 0) is 58.8 Å². The fourth-order valence-corrected chi connectivity index (χ4v) is 3.59. The highest BCUT2D eigenvalue weighted by atomic mass is 35.5. The zero-order chi connectivity index (χ0) is 21.2. The van der Waals surface area contributed by atoms with Gasteiger partial charge in [-0.25, -0.2) is 4.98 Å². The highest BCUT2D eigenvalue weighted by molar-refractivity contribution is 6.30. The van der Waals surface area contributed by atoms with E-state index in [0.29, 0.717) is 27.7 Å². The molecule has 1 N–H and O–H groups in total.